The van der Waals surface area contributed by atoms with E-state index in [0.29, 0.717) is 5.56 Å². The lowest BCUT2D eigenvalue weighted by atomic mass is 10.1. The summed E-state index contributed by atoms with van der Waals surface area (Å²) >= 11 is 0. The van der Waals surface area contributed by atoms with Gasteiger partial charge in [0.25, 0.3) is 0 Å². The van der Waals surface area contributed by atoms with Crippen LogP contribution >= 0.6 is 0 Å². The minimum atomic E-state index is -1.22. The minimum Gasteiger partial charge on any atom is -0.477 e. The molecule has 0 aromatic heterocycles. The van der Waals surface area contributed by atoms with Gasteiger partial charge < -0.3 is 10.0 Å². The molecule has 4 nitrogen and oxygen atoms in total. The number of carboxylic acid groups (broad SMARTS) is 1. The van der Waals surface area contributed by atoms with E-state index in [2.05, 4.69) is 29.2 Å². The van der Waals surface area contributed by atoms with Gasteiger partial charge in [-0.3, -0.25) is 0 Å². The Morgan fingerprint density at radius 3 is 1.79 bits per heavy atom. The highest BCUT2D eigenvalue weighted by Gasteiger charge is 2.10. The van der Waals surface area contributed by atoms with E-state index in [4.69, 9.17) is 10.4 Å². The molecule has 0 amide bonds. The van der Waals surface area contributed by atoms with E-state index in [0.717, 1.165) is 18.8 Å². The van der Waals surface area contributed by atoms with Crippen molar-refractivity contribution in [2.24, 2.45) is 0 Å². The van der Waals surface area contributed by atoms with E-state index in [1.54, 1.807) is 6.07 Å². The first-order chi connectivity index (χ1) is 13.7. The molecule has 0 radical (unpaired) electrons. The van der Waals surface area contributed by atoms with E-state index in [-0.39, 0.29) is 5.57 Å². The quantitative estimate of drug-likeness (QED) is 0.477. The van der Waals surface area contributed by atoms with Crippen LogP contribution in [0.1, 0.15) is 16.7 Å². The normalized spacial score (nSPS) is 10.9. The highest BCUT2D eigenvalue weighted by Crippen LogP contribution is 2.22. The third kappa shape index (κ3) is 5.09. The minimum absolute atomic E-state index is 0.279. The Balaban J connectivity index is 1.87. The Morgan fingerprint density at radius 2 is 1.36 bits per heavy atom. The van der Waals surface area contributed by atoms with Crippen LogP contribution in [0.4, 0.5) is 5.69 Å². The number of nitriles is 1. The van der Waals surface area contributed by atoms with E-state index in [1.807, 2.05) is 60.7 Å². The summed E-state index contributed by atoms with van der Waals surface area (Å²) in [5, 5.41) is 17.9. The summed E-state index contributed by atoms with van der Waals surface area (Å²) < 4.78 is 0. The van der Waals surface area contributed by atoms with Crippen LogP contribution < -0.4 is 4.90 Å². The average molecular weight is 368 g/mol. The molecule has 0 saturated carbocycles. The average Bonchev–Trinajstić information content (AvgIpc) is 2.73. The molecule has 1 N–H and O–H groups in total. The van der Waals surface area contributed by atoms with Crippen molar-refractivity contribution in [1.82, 2.24) is 0 Å². The first-order valence-corrected chi connectivity index (χ1v) is 8.93. The fourth-order valence-electron chi connectivity index (χ4n) is 2.94. The molecule has 28 heavy (non-hydrogen) atoms. The number of carbonyl (C=O) groups is 1. The summed E-state index contributed by atoms with van der Waals surface area (Å²) in [6.45, 7) is 1.51. The molecule has 0 spiro atoms. The number of aliphatic carboxylic acids is 1. The van der Waals surface area contributed by atoms with Gasteiger partial charge in [0.2, 0.25) is 0 Å². The maximum absolute atomic E-state index is 11.0. The van der Waals surface area contributed by atoms with Gasteiger partial charge in [-0.2, -0.15) is 5.26 Å². The topological polar surface area (TPSA) is 64.3 Å². The molecule has 3 aromatic carbocycles. The molecule has 0 atom stereocenters. The first-order valence-electron chi connectivity index (χ1n) is 8.93. The molecule has 0 aliphatic rings. The highest BCUT2D eigenvalue weighted by molar-refractivity contribution is 5.96. The summed E-state index contributed by atoms with van der Waals surface area (Å²) in [5.41, 5.74) is 3.85. The lowest BCUT2D eigenvalue weighted by Crippen LogP contribution is -2.22. The van der Waals surface area contributed by atoms with Crippen LogP contribution in [-0.4, -0.2) is 11.1 Å². The zero-order valence-electron chi connectivity index (χ0n) is 15.3. The second-order valence-corrected chi connectivity index (χ2v) is 6.39. The van der Waals surface area contributed by atoms with E-state index in [1.165, 1.54) is 17.2 Å². The first kappa shape index (κ1) is 18.9. The van der Waals surface area contributed by atoms with E-state index < -0.39 is 5.97 Å². The number of hydrogen-bond donors (Lipinski definition) is 1. The van der Waals surface area contributed by atoms with Crippen LogP contribution in [0.15, 0.2) is 90.5 Å². The number of rotatable bonds is 7. The van der Waals surface area contributed by atoms with E-state index in [9.17, 15) is 4.79 Å². The SMILES string of the molecule is N#CC(=Cc1ccc(N(Cc2ccccc2)Cc2ccccc2)cc1)C(=O)O. The number of anilines is 1. The number of carboxylic acids is 1. The van der Waals surface area contributed by atoms with Gasteiger partial charge in [0, 0.05) is 18.8 Å². The number of nitrogens with zero attached hydrogens (tertiary/aromatic N) is 2. The third-order valence-electron chi connectivity index (χ3n) is 4.35. The Morgan fingerprint density at radius 1 is 0.857 bits per heavy atom. The molecular formula is C24H20N2O2. The molecule has 138 valence electrons. The van der Waals surface area contributed by atoms with E-state index >= 15 is 0 Å². The fraction of sp³-hybridized carbons (Fsp3) is 0.0833. The van der Waals surface area contributed by atoms with Crippen molar-refractivity contribution in [3.05, 3.63) is 107 Å². The fourth-order valence-corrected chi connectivity index (χ4v) is 2.94. The van der Waals surface area contributed by atoms with Crippen LogP contribution in [0.2, 0.25) is 0 Å². The molecule has 0 aliphatic heterocycles. The van der Waals surface area contributed by atoms with Gasteiger partial charge >= 0.3 is 5.97 Å². The highest BCUT2D eigenvalue weighted by atomic mass is 16.4. The summed E-state index contributed by atoms with van der Waals surface area (Å²) in [6.07, 6.45) is 1.38. The van der Waals surface area contributed by atoms with Gasteiger partial charge in [-0.05, 0) is 34.9 Å². The Kier molecular flexibility index (Phi) is 6.22. The maximum Gasteiger partial charge on any atom is 0.346 e. The summed E-state index contributed by atoms with van der Waals surface area (Å²) in [4.78, 5) is 13.3. The largest absolute Gasteiger partial charge is 0.477 e. The molecule has 0 bridgehead atoms. The summed E-state index contributed by atoms with van der Waals surface area (Å²) in [5.74, 6) is -1.22. The monoisotopic (exact) mass is 368 g/mol. The van der Waals surface area contributed by atoms with Crippen LogP contribution in [0.3, 0.4) is 0 Å². The van der Waals surface area contributed by atoms with Gasteiger partial charge in [-0.25, -0.2) is 4.79 Å². The molecule has 0 saturated heterocycles. The zero-order chi connectivity index (χ0) is 19.8. The van der Waals surface area contributed by atoms with Crippen molar-refractivity contribution >= 4 is 17.7 Å². The Hall–Kier alpha value is -3.84. The molecule has 4 heteroatoms. The van der Waals surface area contributed by atoms with Gasteiger partial charge in [0.05, 0.1) is 0 Å². The lowest BCUT2D eigenvalue weighted by Gasteiger charge is -2.25. The van der Waals surface area contributed by atoms with Crippen molar-refractivity contribution < 1.29 is 9.90 Å². The second-order valence-electron chi connectivity index (χ2n) is 6.39. The van der Waals surface area contributed by atoms with Gasteiger partial charge in [0.1, 0.15) is 11.6 Å². The molecule has 0 heterocycles. The van der Waals surface area contributed by atoms with Crippen molar-refractivity contribution in [3.63, 3.8) is 0 Å². The third-order valence-corrected chi connectivity index (χ3v) is 4.35. The smallest absolute Gasteiger partial charge is 0.346 e. The Labute approximate surface area is 164 Å². The predicted octanol–water partition coefficient (Wildman–Crippen LogP) is 4.88. The van der Waals surface area contributed by atoms with Crippen molar-refractivity contribution in [1.29, 1.82) is 5.26 Å². The molecule has 3 rings (SSSR count). The van der Waals surface area contributed by atoms with Crippen molar-refractivity contribution in [3.8, 4) is 6.07 Å². The molecule has 0 unspecified atom stereocenters. The maximum atomic E-state index is 11.0. The summed E-state index contributed by atoms with van der Waals surface area (Å²) in [7, 11) is 0. The predicted molar refractivity (Wildman–Crippen MR) is 110 cm³/mol. The summed E-state index contributed by atoms with van der Waals surface area (Å²) in [6, 6.07) is 29.8. The van der Waals surface area contributed by atoms with Crippen molar-refractivity contribution in [2.75, 3.05) is 4.90 Å². The Bertz CT molecular complexity index is 947. The van der Waals surface area contributed by atoms with Crippen LogP contribution in [0.25, 0.3) is 6.08 Å². The lowest BCUT2D eigenvalue weighted by molar-refractivity contribution is -0.132. The van der Waals surface area contributed by atoms with Crippen LogP contribution in [-0.2, 0) is 17.9 Å². The van der Waals surface area contributed by atoms with Crippen LogP contribution in [0.5, 0.6) is 0 Å². The molecular weight excluding hydrogens is 348 g/mol. The van der Waals surface area contributed by atoms with Gasteiger partial charge in [0.15, 0.2) is 0 Å². The number of hydrogen-bond acceptors (Lipinski definition) is 3. The van der Waals surface area contributed by atoms with Crippen LogP contribution in [0, 0.1) is 11.3 Å². The van der Waals surface area contributed by atoms with Crippen molar-refractivity contribution in [2.45, 2.75) is 13.1 Å². The molecule has 0 fully saturated rings. The van der Waals surface area contributed by atoms with Gasteiger partial charge in [-0.15, -0.1) is 0 Å². The zero-order valence-corrected chi connectivity index (χ0v) is 15.3. The number of benzene rings is 3. The molecule has 3 aromatic rings. The van der Waals surface area contributed by atoms with Gasteiger partial charge in [-0.1, -0.05) is 72.8 Å². The standard InChI is InChI=1S/C24H20N2O2/c25-16-22(24(27)28)15-19-11-13-23(14-12-19)26(17-20-7-3-1-4-8-20)18-21-9-5-2-6-10-21/h1-15H,17-18H2,(H,27,28). The second kappa shape index (κ2) is 9.20. The molecule has 0 aliphatic carbocycles.